The molecule has 1 fully saturated rings. The van der Waals surface area contributed by atoms with Crippen LogP contribution in [0.2, 0.25) is 0 Å². The molecule has 0 amide bonds. The van der Waals surface area contributed by atoms with Gasteiger partial charge in [0.05, 0.1) is 17.2 Å². The van der Waals surface area contributed by atoms with Gasteiger partial charge in [-0.2, -0.15) is 0 Å². The van der Waals surface area contributed by atoms with E-state index in [4.69, 9.17) is 4.98 Å². The lowest BCUT2D eigenvalue weighted by molar-refractivity contribution is 0.282. The minimum Gasteiger partial charge on any atom is -0.392 e. The third-order valence-electron chi connectivity index (χ3n) is 5.01. The van der Waals surface area contributed by atoms with E-state index in [2.05, 4.69) is 54.2 Å². The Bertz CT molecular complexity index is 1030. The molecule has 0 saturated carbocycles. The Morgan fingerprint density at radius 3 is 2.86 bits per heavy atom. The van der Waals surface area contributed by atoms with Crippen molar-refractivity contribution in [3.8, 4) is 21.0 Å². The third-order valence-corrected chi connectivity index (χ3v) is 6.16. The molecule has 3 aromatic rings. The van der Waals surface area contributed by atoms with E-state index in [9.17, 15) is 5.11 Å². The fourth-order valence-corrected chi connectivity index (χ4v) is 4.84. The van der Waals surface area contributed by atoms with Crippen LogP contribution in [0.3, 0.4) is 0 Å². The van der Waals surface area contributed by atoms with Crippen LogP contribution in [0.25, 0.3) is 21.0 Å². The SMILES string of the molecule is C=C1CC(Nc2nccc(-c3ccc(-c4cccc(CO)c4)s3)n2)CC(C)(C)N1. The molecular formula is C23H26N4OS. The highest BCUT2D eigenvalue weighted by Gasteiger charge is 2.29. The first-order chi connectivity index (χ1) is 13.9. The number of nitrogens with one attached hydrogen (secondary N) is 2. The Kier molecular flexibility index (Phi) is 5.39. The van der Waals surface area contributed by atoms with E-state index in [0.717, 1.165) is 45.1 Å². The zero-order valence-electron chi connectivity index (χ0n) is 16.8. The van der Waals surface area contributed by atoms with Crippen LogP contribution in [0, 0.1) is 0 Å². The van der Waals surface area contributed by atoms with Gasteiger partial charge in [0.25, 0.3) is 0 Å². The van der Waals surface area contributed by atoms with Gasteiger partial charge in [-0.05, 0) is 55.7 Å². The summed E-state index contributed by atoms with van der Waals surface area (Å²) in [6, 6.07) is 14.4. The molecule has 29 heavy (non-hydrogen) atoms. The standard InChI is InChI=1S/C23H26N4OS/c1-15-11-18(13-23(2,3)27-15)25-22-24-10-9-19(26-22)21-8-7-20(29-21)17-6-4-5-16(12-17)14-28/h4-10,12,18,27-28H,1,11,13-14H2,2-3H3,(H,24,25,26). The van der Waals surface area contributed by atoms with Crippen LogP contribution >= 0.6 is 11.3 Å². The number of thiophene rings is 1. The second kappa shape index (κ2) is 7.97. The normalized spacial score (nSPS) is 18.3. The van der Waals surface area contributed by atoms with Crippen molar-refractivity contribution in [2.24, 2.45) is 0 Å². The van der Waals surface area contributed by atoms with Gasteiger partial charge in [0.1, 0.15) is 0 Å². The number of benzene rings is 1. The van der Waals surface area contributed by atoms with Crippen LogP contribution in [-0.2, 0) is 6.61 Å². The largest absolute Gasteiger partial charge is 0.392 e. The van der Waals surface area contributed by atoms with Crippen molar-refractivity contribution in [3.63, 3.8) is 0 Å². The first-order valence-corrected chi connectivity index (χ1v) is 10.6. The molecule has 1 aromatic carbocycles. The molecule has 0 spiro atoms. The number of hydrogen-bond acceptors (Lipinski definition) is 6. The number of rotatable bonds is 5. The monoisotopic (exact) mass is 406 g/mol. The molecule has 0 radical (unpaired) electrons. The number of anilines is 1. The molecule has 6 heteroatoms. The Morgan fingerprint density at radius 2 is 2.07 bits per heavy atom. The third kappa shape index (κ3) is 4.66. The smallest absolute Gasteiger partial charge is 0.223 e. The molecule has 2 aromatic heterocycles. The van der Waals surface area contributed by atoms with Crippen LogP contribution in [-0.4, -0.2) is 26.7 Å². The Hall–Kier alpha value is -2.70. The average Bonchev–Trinajstić information content (AvgIpc) is 3.17. The molecule has 1 unspecified atom stereocenters. The van der Waals surface area contributed by atoms with Gasteiger partial charge in [-0.3, -0.25) is 0 Å². The lowest BCUT2D eigenvalue weighted by Crippen LogP contribution is -2.48. The first-order valence-electron chi connectivity index (χ1n) is 9.78. The fraction of sp³-hybridized carbons (Fsp3) is 0.304. The molecule has 1 aliphatic rings. The second-order valence-electron chi connectivity index (χ2n) is 8.15. The van der Waals surface area contributed by atoms with Crippen molar-refractivity contribution in [3.05, 3.63) is 66.5 Å². The molecule has 4 rings (SSSR count). The summed E-state index contributed by atoms with van der Waals surface area (Å²) in [7, 11) is 0. The number of piperidine rings is 1. The van der Waals surface area contributed by atoms with Gasteiger partial charge in [-0.25, -0.2) is 9.97 Å². The summed E-state index contributed by atoms with van der Waals surface area (Å²) in [5, 5.41) is 16.3. The quantitative estimate of drug-likeness (QED) is 0.567. The predicted molar refractivity (Wildman–Crippen MR) is 120 cm³/mol. The fourth-order valence-electron chi connectivity index (χ4n) is 3.87. The van der Waals surface area contributed by atoms with Gasteiger partial charge in [0.15, 0.2) is 0 Å². The lowest BCUT2D eigenvalue weighted by atomic mass is 9.88. The summed E-state index contributed by atoms with van der Waals surface area (Å²) in [6.07, 6.45) is 3.64. The van der Waals surface area contributed by atoms with E-state index in [0.29, 0.717) is 5.95 Å². The lowest BCUT2D eigenvalue weighted by Gasteiger charge is -2.38. The van der Waals surface area contributed by atoms with Crippen LogP contribution in [0.4, 0.5) is 5.95 Å². The molecule has 5 nitrogen and oxygen atoms in total. The number of hydrogen-bond donors (Lipinski definition) is 3. The van der Waals surface area contributed by atoms with E-state index in [-0.39, 0.29) is 18.2 Å². The van der Waals surface area contributed by atoms with Gasteiger partial charge < -0.3 is 15.7 Å². The van der Waals surface area contributed by atoms with Crippen molar-refractivity contribution in [2.75, 3.05) is 5.32 Å². The maximum atomic E-state index is 9.38. The van der Waals surface area contributed by atoms with E-state index in [1.807, 2.05) is 24.3 Å². The van der Waals surface area contributed by atoms with Gasteiger partial charge in [0, 0.05) is 34.8 Å². The minimum atomic E-state index is 0.0103. The van der Waals surface area contributed by atoms with E-state index < -0.39 is 0 Å². The van der Waals surface area contributed by atoms with Crippen LogP contribution in [0.5, 0.6) is 0 Å². The van der Waals surface area contributed by atoms with Crippen molar-refractivity contribution in [1.29, 1.82) is 0 Å². The van der Waals surface area contributed by atoms with Crippen LogP contribution < -0.4 is 10.6 Å². The zero-order valence-corrected chi connectivity index (χ0v) is 17.6. The number of aromatic nitrogens is 2. The van der Waals surface area contributed by atoms with Crippen molar-refractivity contribution in [1.82, 2.24) is 15.3 Å². The molecule has 3 N–H and O–H groups in total. The summed E-state index contributed by atoms with van der Waals surface area (Å²) in [6.45, 7) is 8.52. The van der Waals surface area contributed by atoms with Gasteiger partial charge in [0.2, 0.25) is 5.95 Å². The summed E-state index contributed by atoms with van der Waals surface area (Å²) < 4.78 is 0. The number of nitrogens with zero attached hydrogens (tertiary/aromatic N) is 2. The Labute approximate surface area is 175 Å². The van der Waals surface area contributed by atoms with E-state index >= 15 is 0 Å². The highest BCUT2D eigenvalue weighted by atomic mass is 32.1. The highest BCUT2D eigenvalue weighted by molar-refractivity contribution is 7.18. The molecule has 1 aliphatic heterocycles. The zero-order chi connectivity index (χ0) is 20.4. The average molecular weight is 407 g/mol. The molecule has 1 atom stereocenters. The van der Waals surface area contributed by atoms with Gasteiger partial charge in [-0.1, -0.05) is 24.8 Å². The topological polar surface area (TPSA) is 70.1 Å². The van der Waals surface area contributed by atoms with Gasteiger partial charge in [-0.15, -0.1) is 11.3 Å². The summed E-state index contributed by atoms with van der Waals surface area (Å²) in [5.41, 5.74) is 3.98. The summed E-state index contributed by atoms with van der Waals surface area (Å²) >= 11 is 1.69. The van der Waals surface area contributed by atoms with Crippen molar-refractivity contribution < 1.29 is 5.11 Å². The van der Waals surface area contributed by atoms with Crippen molar-refractivity contribution >= 4 is 17.3 Å². The van der Waals surface area contributed by atoms with E-state index in [1.54, 1.807) is 17.5 Å². The maximum Gasteiger partial charge on any atom is 0.223 e. The molecule has 0 bridgehead atoms. The van der Waals surface area contributed by atoms with E-state index in [1.165, 1.54) is 0 Å². The van der Waals surface area contributed by atoms with Crippen LogP contribution in [0.1, 0.15) is 32.3 Å². The minimum absolute atomic E-state index is 0.0103. The summed E-state index contributed by atoms with van der Waals surface area (Å²) in [5.74, 6) is 0.648. The maximum absolute atomic E-state index is 9.38. The Balaban J connectivity index is 1.53. The molecule has 1 saturated heterocycles. The number of aliphatic hydroxyl groups excluding tert-OH is 1. The molecule has 0 aliphatic carbocycles. The summed E-state index contributed by atoms with van der Waals surface area (Å²) in [4.78, 5) is 11.4. The molecule has 150 valence electrons. The second-order valence-corrected chi connectivity index (χ2v) is 9.23. The molecular weight excluding hydrogens is 380 g/mol. The van der Waals surface area contributed by atoms with Crippen molar-refractivity contribution in [2.45, 2.75) is 44.9 Å². The van der Waals surface area contributed by atoms with Crippen LogP contribution in [0.15, 0.2) is 60.9 Å². The Morgan fingerprint density at radius 1 is 1.24 bits per heavy atom. The number of aliphatic hydroxyl groups is 1. The highest BCUT2D eigenvalue weighted by Crippen LogP contribution is 2.34. The first kappa shape index (κ1) is 19.6. The molecule has 3 heterocycles. The van der Waals surface area contributed by atoms with Gasteiger partial charge >= 0.3 is 0 Å². The predicted octanol–water partition coefficient (Wildman–Crippen LogP) is 4.82.